The largest absolute Gasteiger partial charge is 0.299 e. The smallest absolute Gasteiger partial charge is 0.143 e. The van der Waals surface area contributed by atoms with Crippen LogP contribution in [0.3, 0.4) is 0 Å². The summed E-state index contributed by atoms with van der Waals surface area (Å²) in [5.74, 6) is 0.180. The van der Waals surface area contributed by atoms with Gasteiger partial charge in [-0.3, -0.25) is 14.6 Å². The number of pyridine rings is 1. The third kappa shape index (κ3) is 2.60. The fraction of sp³-hybridized carbons (Fsp3) is 0.500. The maximum Gasteiger partial charge on any atom is 0.143 e. The molecule has 1 aromatic rings. The Morgan fingerprint density at radius 3 is 2.76 bits per heavy atom. The van der Waals surface area contributed by atoms with Crippen molar-refractivity contribution >= 4 is 11.6 Å². The second-order valence-electron chi connectivity index (χ2n) is 4.59. The predicted octanol–water partition coefficient (Wildman–Crippen LogP) is 2.51. The van der Waals surface area contributed by atoms with E-state index in [4.69, 9.17) is 0 Å². The van der Waals surface area contributed by atoms with E-state index in [1.807, 2.05) is 19.1 Å². The van der Waals surface area contributed by atoms with Crippen molar-refractivity contribution in [3.05, 3.63) is 30.1 Å². The molecule has 0 spiro atoms. The number of carbonyl (C=O) groups excluding carboxylic acids is 2. The molecule has 1 aliphatic rings. The summed E-state index contributed by atoms with van der Waals surface area (Å²) in [4.78, 5) is 27.5. The van der Waals surface area contributed by atoms with E-state index in [0.717, 1.165) is 6.42 Å². The van der Waals surface area contributed by atoms with Gasteiger partial charge in [-0.2, -0.15) is 0 Å². The topological polar surface area (TPSA) is 47.0 Å². The second-order valence-corrected chi connectivity index (χ2v) is 4.59. The highest BCUT2D eigenvalue weighted by Gasteiger charge is 2.33. The minimum atomic E-state index is -0.369. The van der Waals surface area contributed by atoms with E-state index in [1.54, 1.807) is 12.4 Å². The van der Waals surface area contributed by atoms with Crippen molar-refractivity contribution in [2.45, 2.75) is 38.5 Å². The van der Waals surface area contributed by atoms with Gasteiger partial charge >= 0.3 is 0 Å². The van der Waals surface area contributed by atoms with E-state index in [9.17, 15) is 9.59 Å². The number of nitrogens with zero attached hydrogens (tertiary/aromatic N) is 1. The van der Waals surface area contributed by atoms with Crippen LogP contribution in [-0.4, -0.2) is 16.6 Å². The monoisotopic (exact) mass is 231 g/mol. The quantitative estimate of drug-likeness (QED) is 0.751. The molecule has 0 N–H and O–H groups in total. The molecule has 1 aliphatic carbocycles. The molecule has 2 atom stereocenters. The molecule has 0 amide bonds. The number of hydrogen-bond acceptors (Lipinski definition) is 3. The van der Waals surface area contributed by atoms with Crippen molar-refractivity contribution in [2.75, 3.05) is 0 Å². The molecule has 17 heavy (non-hydrogen) atoms. The Labute approximate surface area is 101 Å². The molecule has 3 nitrogen and oxygen atoms in total. The lowest BCUT2D eigenvalue weighted by atomic mass is 9.75. The first-order valence-corrected chi connectivity index (χ1v) is 6.17. The highest BCUT2D eigenvalue weighted by atomic mass is 16.1. The van der Waals surface area contributed by atoms with Crippen molar-refractivity contribution in [1.82, 2.24) is 4.98 Å². The predicted molar refractivity (Wildman–Crippen MR) is 64.6 cm³/mol. The number of ketones is 2. The van der Waals surface area contributed by atoms with E-state index in [0.29, 0.717) is 25.2 Å². The molecule has 0 saturated heterocycles. The van der Waals surface area contributed by atoms with Crippen LogP contribution in [0.15, 0.2) is 24.5 Å². The Balaban J connectivity index is 2.13. The Hall–Kier alpha value is -1.51. The zero-order chi connectivity index (χ0) is 12.3. The van der Waals surface area contributed by atoms with Gasteiger partial charge in [-0.15, -0.1) is 0 Å². The summed E-state index contributed by atoms with van der Waals surface area (Å²) < 4.78 is 0. The summed E-state index contributed by atoms with van der Waals surface area (Å²) in [5, 5.41) is 0. The normalized spacial score (nSPS) is 24.6. The molecule has 90 valence electrons. The zero-order valence-corrected chi connectivity index (χ0v) is 10.1. The number of aromatic nitrogens is 1. The molecule has 0 aliphatic heterocycles. The van der Waals surface area contributed by atoms with Crippen LogP contribution >= 0.6 is 0 Å². The van der Waals surface area contributed by atoms with Gasteiger partial charge < -0.3 is 0 Å². The van der Waals surface area contributed by atoms with E-state index in [1.165, 1.54) is 5.56 Å². The van der Waals surface area contributed by atoms with Gasteiger partial charge in [-0.25, -0.2) is 0 Å². The Morgan fingerprint density at radius 2 is 2.12 bits per heavy atom. The second kappa shape index (κ2) is 5.21. The van der Waals surface area contributed by atoms with Crippen molar-refractivity contribution in [3.63, 3.8) is 0 Å². The Morgan fingerprint density at radius 1 is 1.41 bits per heavy atom. The van der Waals surface area contributed by atoms with Crippen LogP contribution in [0.25, 0.3) is 0 Å². The number of carbonyl (C=O) groups is 2. The van der Waals surface area contributed by atoms with Crippen LogP contribution in [-0.2, 0) is 9.59 Å². The third-order valence-corrected chi connectivity index (χ3v) is 3.56. The van der Waals surface area contributed by atoms with E-state index >= 15 is 0 Å². The lowest BCUT2D eigenvalue weighted by Crippen LogP contribution is -2.30. The molecule has 0 aromatic carbocycles. The Kier molecular flexibility index (Phi) is 3.67. The summed E-state index contributed by atoms with van der Waals surface area (Å²) in [6.07, 6.45) is 6.06. The SMILES string of the molecule is CCC(=O)[C@@H]1C[C@@H](c2ccncc2)CCC1=O. The van der Waals surface area contributed by atoms with Gasteiger partial charge in [-0.05, 0) is 36.5 Å². The maximum atomic E-state index is 11.7. The van der Waals surface area contributed by atoms with Crippen molar-refractivity contribution in [1.29, 1.82) is 0 Å². The molecule has 1 fully saturated rings. The molecule has 0 unspecified atom stereocenters. The number of Topliss-reactive ketones (excluding diaryl/α,β-unsaturated/α-hetero) is 2. The molecule has 1 saturated carbocycles. The number of rotatable bonds is 3. The fourth-order valence-electron chi connectivity index (χ4n) is 2.52. The highest BCUT2D eigenvalue weighted by Crippen LogP contribution is 2.34. The lowest BCUT2D eigenvalue weighted by Gasteiger charge is -2.27. The molecule has 1 aromatic heterocycles. The van der Waals surface area contributed by atoms with Gasteiger partial charge in [-0.1, -0.05) is 6.92 Å². The van der Waals surface area contributed by atoms with Crippen molar-refractivity contribution in [3.8, 4) is 0 Å². The summed E-state index contributed by atoms with van der Waals surface area (Å²) in [5.41, 5.74) is 1.20. The van der Waals surface area contributed by atoms with E-state index in [-0.39, 0.29) is 17.5 Å². The average Bonchev–Trinajstić information content (AvgIpc) is 2.39. The van der Waals surface area contributed by atoms with Crippen LogP contribution in [0, 0.1) is 5.92 Å². The first-order chi connectivity index (χ1) is 8.22. The molecule has 3 heteroatoms. The van der Waals surface area contributed by atoms with Crippen LogP contribution in [0.1, 0.15) is 44.1 Å². The Bertz CT molecular complexity index is 405. The summed E-state index contributed by atoms with van der Waals surface area (Å²) >= 11 is 0. The summed E-state index contributed by atoms with van der Waals surface area (Å²) in [6.45, 7) is 1.83. The zero-order valence-electron chi connectivity index (χ0n) is 10.1. The summed E-state index contributed by atoms with van der Waals surface area (Å²) in [7, 11) is 0. The van der Waals surface area contributed by atoms with Crippen LogP contribution < -0.4 is 0 Å². The van der Waals surface area contributed by atoms with Crippen molar-refractivity contribution in [2.24, 2.45) is 5.92 Å². The lowest BCUT2D eigenvalue weighted by molar-refractivity contribution is -0.134. The molecular formula is C14H17NO2. The molecule has 0 bridgehead atoms. The summed E-state index contributed by atoms with van der Waals surface area (Å²) in [6, 6.07) is 3.96. The van der Waals surface area contributed by atoms with Crippen LogP contribution in [0.5, 0.6) is 0 Å². The van der Waals surface area contributed by atoms with E-state index < -0.39 is 0 Å². The minimum Gasteiger partial charge on any atom is -0.299 e. The number of hydrogen-bond donors (Lipinski definition) is 0. The maximum absolute atomic E-state index is 11.7. The van der Waals surface area contributed by atoms with Crippen LogP contribution in [0.2, 0.25) is 0 Å². The van der Waals surface area contributed by atoms with Gasteiger partial charge in [0.05, 0.1) is 5.92 Å². The highest BCUT2D eigenvalue weighted by molar-refractivity contribution is 6.02. The molecule has 1 heterocycles. The van der Waals surface area contributed by atoms with E-state index in [2.05, 4.69) is 4.98 Å². The van der Waals surface area contributed by atoms with Gasteiger partial charge in [0.1, 0.15) is 11.6 Å². The molecule has 2 rings (SSSR count). The van der Waals surface area contributed by atoms with Gasteiger partial charge in [0.2, 0.25) is 0 Å². The standard InChI is InChI=1S/C14H17NO2/c1-2-13(16)12-9-11(3-4-14(12)17)10-5-7-15-8-6-10/h5-8,11-12H,2-4,9H2,1H3/t11-,12-/m0/s1. The van der Waals surface area contributed by atoms with Crippen molar-refractivity contribution < 1.29 is 9.59 Å². The van der Waals surface area contributed by atoms with Crippen LogP contribution in [0.4, 0.5) is 0 Å². The molecular weight excluding hydrogens is 214 g/mol. The van der Waals surface area contributed by atoms with Gasteiger partial charge in [0, 0.05) is 25.2 Å². The first kappa shape index (κ1) is 12.0. The molecule has 0 radical (unpaired) electrons. The fourth-order valence-corrected chi connectivity index (χ4v) is 2.52. The third-order valence-electron chi connectivity index (χ3n) is 3.56. The minimum absolute atomic E-state index is 0.0914. The van der Waals surface area contributed by atoms with Gasteiger partial charge in [0.15, 0.2) is 0 Å². The first-order valence-electron chi connectivity index (χ1n) is 6.17. The van der Waals surface area contributed by atoms with Gasteiger partial charge in [0.25, 0.3) is 0 Å². The average molecular weight is 231 g/mol.